The molecule has 0 bridgehead atoms. The summed E-state index contributed by atoms with van der Waals surface area (Å²) in [7, 11) is 0. The highest BCUT2D eigenvalue weighted by Crippen LogP contribution is 1.92. The van der Waals surface area contributed by atoms with Gasteiger partial charge in [-0.1, -0.05) is 5.10 Å². The van der Waals surface area contributed by atoms with E-state index < -0.39 is 10.9 Å². The topological polar surface area (TPSA) is 143 Å². The van der Waals surface area contributed by atoms with Crippen LogP contribution in [0.3, 0.4) is 0 Å². The SMILES string of the molecule is O=[N+]([O-])c1nn[n+](Cc2nnn[nH]2)[nH]1. The number of nitrogens with zero attached hydrogens (tertiary/aromatic N) is 7. The molecule has 11 nitrogen and oxygen atoms in total. The zero-order chi connectivity index (χ0) is 9.97. The number of hydrogen-bond donors (Lipinski definition) is 2. The fourth-order valence-corrected chi connectivity index (χ4v) is 0.793. The highest BCUT2D eigenvalue weighted by atomic mass is 16.6. The van der Waals surface area contributed by atoms with Gasteiger partial charge in [-0.15, -0.1) is 5.10 Å². The summed E-state index contributed by atoms with van der Waals surface area (Å²) in [6.07, 6.45) is 0. The summed E-state index contributed by atoms with van der Waals surface area (Å²) in [5.41, 5.74) is 0. The summed E-state index contributed by atoms with van der Waals surface area (Å²) in [6, 6.07) is 0. The van der Waals surface area contributed by atoms with E-state index in [1.165, 1.54) is 0 Å². The number of tetrazole rings is 2. The Morgan fingerprint density at radius 2 is 2.36 bits per heavy atom. The van der Waals surface area contributed by atoms with Crippen LogP contribution >= 0.6 is 0 Å². The normalized spacial score (nSPS) is 10.3. The molecule has 0 amide bonds. The molecule has 2 aromatic heterocycles. The van der Waals surface area contributed by atoms with Crippen LogP contribution in [0.2, 0.25) is 0 Å². The molecule has 0 unspecified atom stereocenters. The number of hydrogen-bond acceptors (Lipinski definition) is 7. The minimum atomic E-state index is -0.678. The van der Waals surface area contributed by atoms with Gasteiger partial charge in [0.05, 0.1) is 0 Å². The number of rotatable bonds is 3. The highest BCUT2D eigenvalue weighted by molar-refractivity contribution is 4.90. The van der Waals surface area contributed by atoms with Gasteiger partial charge in [-0.3, -0.25) is 0 Å². The minimum absolute atomic E-state index is 0.161. The lowest BCUT2D eigenvalue weighted by molar-refractivity contribution is -0.800. The maximum absolute atomic E-state index is 10.2. The van der Waals surface area contributed by atoms with Crippen LogP contribution in [0.1, 0.15) is 5.82 Å². The number of nitro groups is 1. The molecule has 2 aromatic rings. The van der Waals surface area contributed by atoms with Crippen molar-refractivity contribution in [3.63, 3.8) is 0 Å². The second-order valence-corrected chi connectivity index (χ2v) is 2.29. The molecule has 2 N–H and O–H groups in total. The van der Waals surface area contributed by atoms with Gasteiger partial charge < -0.3 is 10.1 Å². The minimum Gasteiger partial charge on any atom is -0.389 e. The highest BCUT2D eigenvalue weighted by Gasteiger charge is 2.18. The summed E-state index contributed by atoms with van der Waals surface area (Å²) in [4.78, 5) is 10.7. The Morgan fingerprint density at radius 1 is 1.50 bits per heavy atom. The van der Waals surface area contributed by atoms with E-state index >= 15 is 0 Å². The molecule has 14 heavy (non-hydrogen) atoms. The van der Waals surface area contributed by atoms with Crippen molar-refractivity contribution in [2.75, 3.05) is 0 Å². The van der Waals surface area contributed by atoms with Gasteiger partial charge in [0.15, 0.2) is 16.1 Å². The Bertz CT molecular complexity index is 431. The van der Waals surface area contributed by atoms with Crippen LogP contribution in [0.25, 0.3) is 0 Å². The van der Waals surface area contributed by atoms with Crippen LogP contribution in [0.4, 0.5) is 5.95 Å². The second kappa shape index (κ2) is 3.12. The average molecular weight is 198 g/mol. The fraction of sp³-hybridized carbons (Fsp3) is 0.333. The van der Waals surface area contributed by atoms with E-state index in [1.54, 1.807) is 0 Å². The van der Waals surface area contributed by atoms with E-state index in [0.29, 0.717) is 5.82 Å². The molecule has 11 heteroatoms. The van der Waals surface area contributed by atoms with Gasteiger partial charge in [0.2, 0.25) is 6.54 Å². The van der Waals surface area contributed by atoms with E-state index in [4.69, 9.17) is 0 Å². The van der Waals surface area contributed by atoms with Gasteiger partial charge >= 0.3 is 5.95 Å². The maximum Gasteiger partial charge on any atom is 0.532 e. The van der Waals surface area contributed by atoms with Crippen molar-refractivity contribution < 1.29 is 9.72 Å². The molecule has 72 valence electrons. The van der Waals surface area contributed by atoms with E-state index in [-0.39, 0.29) is 6.54 Å². The fourth-order valence-electron chi connectivity index (χ4n) is 0.793. The lowest BCUT2D eigenvalue weighted by Crippen LogP contribution is -2.40. The van der Waals surface area contributed by atoms with Crippen molar-refractivity contribution in [1.29, 1.82) is 0 Å². The zero-order valence-corrected chi connectivity index (χ0v) is 6.65. The van der Waals surface area contributed by atoms with E-state index in [1.807, 2.05) is 0 Å². The molecule has 0 aliphatic heterocycles. The lowest BCUT2D eigenvalue weighted by Gasteiger charge is -1.83. The van der Waals surface area contributed by atoms with E-state index in [9.17, 15) is 10.1 Å². The molecule has 0 aliphatic rings. The molecule has 2 rings (SSSR count). The third kappa shape index (κ3) is 1.50. The predicted molar refractivity (Wildman–Crippen MR) is 36.5 cm³/mol. The molecule has 0 fully saturated rings. The summed E-state index contributed by atoms with van der Waals surface area (Å²) in [5, 5.41) is 32.0. The monoisotopic (exact) mass is 198 g/mol. The molecule has 0 saturated heterocycles. The summed E-state index contributed by atoms with van der Waals surface area (Å²) >= 11 is 0. The van der Waals surface area contributed by atoms with Gasteiger partial charge in [0.25, 0.3) is 0 Å². The van der Waals surface area contributed by atoms with Crippen molar-refractivity contribution in [1.82, 2.24) is 36.0 Å². The first-order valence-corrected chi connectivity index (χ1v) is 3.45. The first-order valence-electron chi connectivity index (χ1n) is 3.45. The van der Waals surface area contributed by atoms with Gasteiger partial charge in [-0.2, -0.15) is 0 Å². The Labute approximate surface area is 75.3 Å². The van der Waals surface area contributed by atoms with E-state index in [2.05, 4.69) is 36.0 Å². The Balaban J connectivity index is 2.14. The molecular formula is C3H4N9O2+. The van der Waals surface area contributed by atoms with Crippen molar-refractivity contribution in [3.8, 4) is 0 Å². The third-order valence-corrected chi connectivity index (χ3v) is 1.34. The summed E-state index contributed by atoms with van der Waals surface area (Å²) in [6.45, 7) is 0.161. The molecular weight excluding hydrogens is 194 g/mol. The number of aromatic amines is 2. The first-order chi connectivity index (χ1) is 6.75. The van der Waals surface area contributed by atoms with Crippen molar-refractivity contribution in [2.45, 2.75) is 6.54 Å². The summed E-state index contributed by atoms with van der Waals surface area (Å²) in [5.74, 6) is -0.0153. The van der Waals surface area contributed by atoms with Gasteiger partial charge in [0, 0.05) is 0 Å². The molecule has 2 heterocycles. The molecule has 0 atom stereocenters. The zero-order valence-electron chi connectivity index (χ0n) is 6.65. The standard InChI is InChI=1S/C3H3N9O2/c13-12(14)3-6-10-11(7-3)1-2-4-8-9-5-2/h1H2,(H,4,5,8,9)/p+1. The summed E-state index contributed by atoms with van der Waals surface area (Å²) < 4.78 is 0. The van der Waals surface area contributed by atoms with Crippen LogP contribution in [0.15, 0.2) is 0 Å². The number of nitrogens with one attached hydrogen (secondary N) is 2. The van der Waals surface area contributed by atoms with Crippen molar-refractivity contribution in [3.05, 3.63) is 15.9 Å². The number of H-pyrrole nitrogens is 2. The molecule has 0 radical (unpaired) electrons. The smallest absolute Gasteiger partial charge is 0.389 e. The van der Waals surface area contributed by atoms with E-state index in [0.717, 1.165) is 4.80 Å². The second-order valence-electron chi connectivity index (χ2n) is 2.29. The maximum atomic E-state index is 10.2. The first kappa shape index (κ1) is 8.15. The van der Waals surface area contributed by atoms with Crippen molar-refractivity contribution in [2.24, 2.45) is 0 Å². The quantitative estimate of drug-likeness (QED) is 0.316. The van der Waals surface area contributed by atoms with Crippen LogP contribution in [-0.4, -0.2) is 41.0 Å². The van der Waals surface area contributed by atoms with Crippen LogP contribution < -0.4 is 4.80 Å². The van der Waals surface area contributed by atoms with Gasteiger partial charge in [-0.05, 0) is 20.1 Å². The Hall–Kier alpha value is -2.46. The van der Waals surface area contributed by atoms with Gasteiger partial charge in [0.1, 0.15) is 0 Å². The van der Waals surface area contributed by atoms with Crippen LogP contribution in [0.5, 0.6) is 0 Å². The molecule has 0 aromatic carbocycles. The third-order valence-electron chi connectivity index (χ3n) is 1.34. The largest absolute Gasteiger partial charge is 0.532 e. The lowest BCUT2D eigenvalue weighted by atomic mass is 10.6. The average Bonchev–Trinajstić information content (AvgIpc) is 2.75. The Kier molecular flexibility index (Phi) is 1.82. The van der Waals surface area contributed by atoms with Crippen LogP contribution in [0, 0.1) is 10.1 Å². The molecule has 0 spiro atoms. The van der Waals surface area contributed by atoms with Gasteiger partial charge in [-0.25, -0.2) is 5.10 Å². The molecule has 0 aliphatic carbocycles. The number of aromatic nitrogens is 8. The van der Waals surface area contributed by atoms with Crippen molar-refractivity contribution >= 4 is 5.95 Å². The Morgan fingerprint density at radius 3 is 2.93 bits per heavy atom. The predicted octanol–water partition coefficient (Wildman–Crippen LogP) is -2.44. The van der Waals surface area contributed by atoms with Crippen LogP contribution in [-0.2, 0) is 6.54 Å². The molecule has 0 saturated carbocycles.